The van der Waals surface area contributed by atoms with Gasteiger partial charge in [-0.1, -0.05) is 6.92 Å². The van der Waals surface area contributed by atoms with E-state index in [1.807, 2.05) is 13.8 Å². The first kappa shape index (κ1) is 12.8. The number of ether oxygens (including phenoxy) is 2. The lowest BCUT2D eigenvalue weighted by Crippen LogP contribution is -2.42. The van der Waals surface area contributed by atoms with Gasteiger partial charge in [-0.25, -0.2) is 0 Å². The second-order valence-corrected chi connectivity index (χ2v) is 4.69. The lowest BCUT2D eigenvalue weighted by atomic mass is 10.3. The van der Waals surface area contributed by atoms with Gasteiger partial charge in [0, 0.05) is 5.75 Å². The standard InChI is InChI=1S/C10H19NO3S/c1-3-11-9(10(12)14-4-2)7-15-8-5-13-6-8/h8-9,11H,3-7H2,1-2H3. The molecule has 1 aliphatic heterocycles. The fourth-order valence-electron chi connectivity index (χ4n) is 1.24. The van der Waals surface area contributed by atoms with Gasteiger partial charge in [0.05, 0.1) is 25.1 Å². The summed E-state index contributed by atoms with van der Waals surface area (Å²) >= 11 is 1.78. The number of esters is 1. The molecule has 1 atom stereocenters. The van der Waals surface area contributed by atoms with Crippen molar-refractivity contribution in [2.75, 3.05) is 32.1 Å². The van der Waals surface area contributed by atoms with E-state index in [1.54, 1.807) is 11.8 Å². The molecule has 5 heteroatoms. The van der Waals surface area contributed by atoms with E-state index in [0.29, 0.717) is 11.9 Å². The Morgan fingerprint density at radius 3 is 2.80 bits per heavy atom. The Hall–Kier alpha value is -0.260. The Morgan fingerprint density at radius 2 is 2.33 bits per heavy atom. The summed E-state index contributed by atoms with van der Waals surface area (Å²) in [6, 6.07) is -0.180. The second kappa shape index (κ2) is 7.09. The van der Waals surface area contributed by atoms with Crippen LogP contribution in [0.25, 0.3) is 0 Å². The fourth-order valence-corrected chi connectivity index (χ4v) is 2.35. The maximum Gasteiger partial charge on any atom is 0.323 e. The molecule has 15 heavy (non-hydrogen) atoms. The Labute approximate surface area is 95.1 Å². The van der Waals surface area contributed by atoms with E-state index in [2.05, 4.69) is 5.32 Å². The molecule has 0 radical (unpaired) electrons. The third-order valence-corrected chi connectivity index (χ3v) is 3.40. The first-order chi connectivity index (χ1) is 7.27. The highest BCUT2D eigenvalue weighted by molar-refractivity contribution is 8.00. The Kier molecular flexibility index (Phi) is 6.05. The molecule has 0 aromatic rings. The maximum atomic E-state index is 11.5. The molecule has 0 aromatic heterocycles. The van der Waals surface area contributed by atoms with Crippen molar-refractivity contribution in [2.24, 2.45) is 0 Å². The van der Waals surface area contributed by atoms with Crippen LogP contribution in [0.2, 0.25) is 0 Å². The van der Waals surface area contributed by atoms with Crippen molar-refractivity contribution < 1.29 is 14.3 Å². The van der Waals surface area contributed by atoms with Crippen molar-refractivity contribution in [2.45, 2.75) is 25.1 Å². The van der Waals surface area contributed by atoms with Crippen LogP contribution in [0.1, 0.15) is 13.8 Å². The molecule has 1 rings (SSSR count). The van der Waals surface area contributed by atoms with Crippen LogP contribution >= 0.6 is 11.8 Å². The van der Waals surface area contributed by atoms with E-state index in [-0.39, 0.29) is 12.0 Å². The van der Waals surface area contributed by atoms with Gasteiger partial charge < -0.3 is 14.8 Å². The van der Waals surface area contributed by atoms with Crippen molar-refractivity contribution in [3.05, 3.63) is 0 Å². The van der Waals surface area contributed by atoms with Gasteiger partial charge in [0.1, 0.15) is 6.04 Å². The molecule has 1 N–H and O–H groups in total. The quantitative estimate of drug-likeness (QED) is 0.655. The summed E-state index contributed by atoms with van der Waals surface area (Å²) in [7, 11) is 0. The summed E-state index contributed by atoms with van der Waals surface area (Å²) in [5.74, 6) is 0.618. The minimum absolute atomic E-state index is 0.146. The van der Waals surface area contributed by atoms with E-state index < -0.39 is 0 Å². The predicted octanol–water partition coefficient (Wildman–Crippen LogP) is 0.660. The van der Waals surface area contributed by atoms with E-state index >= 15 is 0 Å². The van der Waals surface area contributed by atoms with E-state index in [1.165, 1.54) is 0 Å². The molecule has 4 nitrogen and oxygen atoms in total. The highest BCUT2D eigenvalue weighted by Crippen LogP contribution is 2.19. The topological polar surface area (TPSA) is 47.6 Å². The smallest absolute Gasteiger partial charge is 0.323 e. The molecule has 1 aliphatic rings. The van der Waals surface area contributed by atoms with Crippen LogP contribution in [0.15, 0.2) is 0 Å². The predicted molar refractivity (Wildman–Crippen MR) is 61.2 cm³/mol. The molecule has 88 valence electrons. The zero-order valence-corrected chi connectivity index (χ0v) is 10.1. The van der Waals surface area contributed by atoms with Crippen molar-refractivity contribution in [3.8, 4) is 0 Å². The largest absolute Gasteiger partial charge is 0.465 e. The van der Waals surface area contributed by atoms with Gasteiger partial charge in [-0.3, -0.25) is 4.79 Å². The molecule has 0 bridgehead atoms. The highest BCUT2D eigenvalue weighted by Gasteiger charge is 2.24. The average molecular weight is 233 g/mol. The van der Waals surface area contributed by atoms with Crippen LogP contribution in [0.3, 0.4) is 0 Å². The normalized spacial score (nSPS) is 18.3. The Morgan fingerprint density at radius 1 is 1.60 bits per heavy atom. The number of carbonyl (C=O) groups excluding carboxylic acids is 1. The SMILES string of the molecule is CCNC(CSC1COC1)C(=O)OCC. The van der Waals surface area contributed by atoms with Gasteiger partial charge in [-0.15, -0.1) is 0 Å². The van der Waals surface area contributed by atoms with Crippen LogP contribution in [0.5, 0.6) is 0 Å². The monoisotopic (exact) mass is 233 g/mol. The van der Waals surface area contributed by atoms with Gasteiger partial charge in [0.15, 0.2) is 0 Å². The lowest BCUT2D eigenvalue weighted by molar-refractivity contribution is -0.144. The van der Waals surface area contributed by atoms with Crippen molar-refractivity contribution in [1.82, 2.24) is 5.32 Å². The van der Waals surface area contributed by atoms with Crippen LogP contribution in [-0.2, 0) is 14.3 Å². The maximum absolute atomic E-state index is 11.5. The Balaban J connectivity index is 2.24. The van der Waals surface area contributed by atoms with Gasteiger partial charge in [0.25, 0.3) is 0 Å². The summed E-state index contributed by atoms with van der Waals surface area (Å²) in [5, 5.41) is 3.69. The molecule has 0 amide bonds. The molecule has 0 saturated carbocycles. The second-order valence-electron chi connectivity index (χ2n) is 3.36. The molecule has 1 saturated heterocycles. The van der Waals surface area contributed by atoms with Crippen LogP contribution in [-0.4, -0.2) is 49.4 Å². The number of carbonyl (C=O) groups is 1. The van der Waals surface area contributed by atoms with Crippen molar-refractivity contribution in [1.29, 1.82) is 0 Å². The van der Waals surface area contributed by atoms with Crippen LogP contribution in [0.4, 0.5) is 0 Å². The van der Waals surface area contributed by atoms with Gasteiger partial charge in [0.2, 0.25) is 0 Å². The minimum Gasteiger partial charge on any atom is -0.465 e. The molecule has 0 aromatic carbocycles. The van der Waals surface area contributed by atoms with E-state index in [0.717, 1.165) is 25.5 Å². The van der Waals surface area contributed by atoms with Gasteiger partial charge in [-0.05, 0) is 13.5 Å². The molecular formula is C10H19NO3S. The van der Waals surface area contributed by atoms with E-state index in [4.69, 9.17) is 9.47 Å². The van der Waals surface area contributed by atoms with Crippen LogP contribution < -0.4 is 5.32 Å². The summed E-state index contributed by atoms with van der Waals surface area (Å²) in [6.45, 7) is 6.67. The molecule has 0 aliphatic carbocycles. The summed E-state index contributed by atoms with van der Waals surface area (Å²) in [6.07, 6.45) is 0. The fraction of sp³-hybridized carbons (Fsp3) is 0.900. The third kappa shape index (κ3) is 4.40. The first-order valence-electron chi connectivity index (χ1n) is 5.37. The van der Waals surface area contributed by atoms with Crippen molar-refractivity contribution in [3.63, 3.8) is 0 Å². The first-order valence-corrected chi connectivity index (χ1v) is 6.42. The molecule has 0 spiro atoms. The average Bonchev–Trinajstić information content (AvgIpc) is 2.14. The minimum atomic E-state index is -0.180. The summed E-state index contributed by atoms with van der Waals surface area (Å²) in [4.78, 5) is 11.5. The van der Waals surface area contributed by atoms with Crippen LogP contribution in [0, 0.1) is 0 Å². The highest BCUT2D eigenvalue weighted by atomic mass is 32.2. The summed E-state index contributed by atoms with van der Waals surface area (Å²) < 4.78 is 10.1. The summed E-state index contributed by atoms with van der Waals surface area (Å²) in [5.41, 5.74) is 0. The van der Waals surface area contributed by atoms with E-state index in [9.17, 15) is 4.79 Å². The zero-order chi connectivity index (χ0) is 11.1. The van der Waals surface area contributed by atoms with Gasteiger partial charge >= 0.3 is 5.97 Å². The van der Waals surface area contributed by atoms with Crippen molar-refractivity contribution >= 4 is 17.7 Å². The number of nitrogens with one attached hydrogen (secondary N) is 1. The molecule has 1 unspecified atom stereocenters. The lowest BCUT2D eigenvalue weighted by Gasteiger charge is -2.26. The zero-order valence-electron chi connectivity index (χ0n) is 9.32. The third-order valence-electron chi connectivity index (χ3n) is 2.13. The Bertz CT molecular complexity index is 197. The molecular weight excluding hydrogens is 214 g/mol. The number of likely N-dealkylation sites (N-methyl/N-ethyl adjacent to an activating group) is 1. The number of hydrogen-bond acceptors (Lipinski definition) is 5. The number of thioether (sulfide) groups is 1. The van der Waals surface area contributed by atoms with Gasteiger partial charge in [-0.2, -0.15) is 11.8 Å². The molecule has 1 heterocycles. The number of rotatable bonds is 7. The number of hydrogen-bond donors (Lipinski definition) is 1. The molecule has 1 fully saturated rings.